The number of hydrogen-bond acceptors (Lipinski definition) is 6. The molecular formula is C18H18N6O. The van der Waals surface area contributed by atoms with E-state index in [1.807, 2.05) is 4.57 Å². The Bertz CT molecular complexity index is 921. The number of anilines is 1. The van der Waals surface area contributed by atoms with Gasteiger partial charge >= 0.3 is 0 Å². The van der Waals surface area contributed by atoms with Crippen LogP contribution < -0.4 is 4.90 Å². The number of fused-ring (bicyclic) bond motifs is 1. The van der Waals surface area contributed by atoms with E-state index in [0.29, 0.717) is 12.1 Å². The molecule has 7 nitrogen and oxygen atoms in total. The van der Waals surface area contributed by atoms with Crippen molar-refractivity contribution >= 4 is 17.0 Å². The molecule has 25 heavy (non-hydrogen) atoms. The number of hydrogen-bond donors (Lipinski definition) is 1. The van der Waals surface area contributed by atoms with Crippen molar-refractivity contribution in [2.45, 2.75) is 25.5 Å². The van der Waals surface area contributed by atoms with Gasteiger partial charge in [0.15, 0.2) is 17.0 Å². The number of nitrogens with zero attached hydrogens (tertiary/aromatic N) is 6. The lowest BCUT2D eigenvalue weighted by atomic mass is 10.1. The summed E-state index contributed by atoms with van der Waals surface area (Å²) in [6, 6.07) is 9.03. The Kier molecular flexibility index (Phi) is 4.04. The zero-order chi connectivity index (χ0) is 17.2. The first kappa shape index (κ1) is 15.5. The van der Waals surface area contributed by atoms with E-state index in [4.69, 9.17) is 5.26 Å². The fraction of sp³-hybridized carbons (Fsp3) is 0.333. The second kappa shape index (κ2) is 6.49. The van der Waals surface area contributed by atoms with Crippen molar-refractivity contribution in [3.63, 3.8) is 0 Å². The molecule has 0 radical (unpaired) electrons. The standard InChI is InChI=1S/C18H18N6O/c19-9-13-3-5-14(6-4-13)15(25)10-24-12-22-16-17(20-11-21-18(16)24)23-7-1-2-8-23/h3-6,11-12,15,25H,1-2,7-8,10H2. The van der Waals surface area contributed by atoms with Crippen molar-refractivity contribution < 1.29 is 5.11 Å². The van der Waals surface area contributed by atoms with Crippen molar-refractivity contribution in [2.75, 3.05) is 18.0 Å². The van der Waals surface area contributed by atoms with Crippen molar-refractivity contribution in [2.24, 2.45) is 0 Å². The van der Waals surface area contributed by atoms with Crippen molar-refractivity contribution in [3.05, 3.63) is 48.0 Å². The first-order valence-corrected chi connectivity index (χ1v) is 8.35. The lowest BCUT2D eigenvalue weighted by Crippen LogP contribution is -2.19. The van der Waals surface area contributed by atoms with Gasteiger partial charge in [-0.2, -0.15) is 5.26 Å². The Morgan fingerprint density at radius 3 is 2.60 bits per heavy atom. The predicted octanol–water partition coefficient (Wildman–Crippen LogP) is 2.03. The number of rotatable bonds is 4. The van der Waals surface area contributed by atoms with Gasteiger partial charge in [0.1, 0.15) is 6.33 Å². The topological polar surface area (TPSA) is 90.9 Å². The van der Waals surface area contributed by atoms with E-state index in [1.165, 1.54) is 12.8 Å². The van der Waals surface area contributed by atoms with Crippen LogP contribution in [0.15, 0.2) is 36.9 Å². The molecule has 1 aromatic carbocycles. The second-order valence-corrected chi connectivity index (χ2v) is 6.21. The van der Waals surface area contributed by atoms with Gasteiger partial charge < -0.3 is 14.6 Å². The molecule has 3 heterocycles. The molecule has 1 fully saturated rings. The van der Waals surface area contributed by atoms with Crippen LogP contribution in [-0.2, 0) is 6.54 Å². The molecule has 1 N–H and O–H groups in total. The number of aliphatic hydroxyl groups excluding tert-OH is 1. The number of benzene rings is 1. The fourth-order valence-electron chi connectivity index (χ4n) is 3.23. The van der Waals surface area contributed by atoms with Crippen molar-refractivity contribution in [1.82, 2.24) is 19.5 Å². The van der Waals surface area contributed by atoms with Crippen LogP contribution in [0.25, 0.3) is 11.2 Å². The lowest BCUT2D eigenvalue weighted by Gasteiger charge is -2.16. The zero-order valence-corrected chi connectivity index (χ0v) is 13.7. The molecule has 1 atom stereocenters. The van der Waals surface area contributed by atoms with Crippen LogP contribution in [0.2, 0.25) is 0 Å². The maximum Gasteiger partial charge on any atom is 0.165 e. The summed E-state index contributed by atoms with van der Waals surface area (Å²) in [6.45, 7) is 2.33. The van der Waals surface area contributed by atoms with E-state index in [1.54, 1.807) is 36.9 Å². The second-order valence-electron chi connectivity index (χ2n) is 6.21. The van der Waals surface area contributed by atoms with Gasteiger partial charge in [-0.1, -0.05) is 12.1 Å². The van der Waals surface area contributed by atoms with Gasteiger partial charge in [0, 0.05) is 13.1 Å². The van der Waals surface area contributed by atoms with Gasteiger partial charge in [-0.05, 0) is 30.5 Å². The Morgan fingerprint density at radius 1 is 1.12 bits per heavy atom. The molecule has 0 spiro atoms. The zero-order valence-electron chi connectivity index (χ0n) is 13.7. The summed E-state index contributed by atoms with van der Waals surface area (Å²) in [5.41, 5.74) is 2.84. The quantitative estimate of drug-likeness (QED) is 0.785. The van der Waals surface area contributed by atoms with E-state index in [2.05, 4.69) is 25.9 Å². The SMILES string of the molecule is N#Cc1ccc(C(O)Cn2cnc3c(N4CCCC4)ncnc32)cc1. The summed E-state index contributed by atoms with van der Waals surface area (Å²) in [5, 5.41) is 19.4. The Labute approximate surface area is 145 Å². The molecule has 1 unspecified atom stereocenters. The van der Waals surface area contributed by atoms with Crippen LogP contribution >= 0.6 is 0 Å². The number of imidazole rings is 1. The molecule has 1 saturated heterocycles. The van der Waals surface area contributed by atoms with Gasteiger partial charge in [-0.15, -0.1) is 0 Å². The maximum atomic E-state index is 10.5. The fourth-order valence-corrected chi connectivity index (χ4v) is 3.23. The van der Waals surface area contributed by atoms with Gasteiger partial charge in [0.25, 0.3) is 0 Å². The molecule has 0 saturated carbocycles. The highest BCUT2D eigenvalue weighted by Crippen LogP contribution is 2.26. The molecule has 0 aliphatic carbocycles. The molecule has 4 rings (SSSR count). The van der Waals surface area contributed by atoms with Crippen LogP contribution in [0.3, 0.4) is 0 Å². The third-order valence-electron chi connectivity index (χ3n) is 4.58. The van der Waals surface area contributed by atoms with Gasteiger partial charge in [0.2, 0.25) is 0 Å². The average molecular weight is 334 g/mol. The van der Waals surface area contributed by atoms with Crippen LogP contribution in [0.5, 0.6) is 0 Å². The molecule has 1 aliphatic rings. The van der Waals surface area contributed by atoms with E-state index in [9.17, 15) is 5.11 Å². The summed E-state index contributed by atoms with van der Waals surface area (Å²) < 4.78 is 1.85. The summed E-state index contributed by atoms with van der Waals surface area (Å²) in [4.78, 5) is 15.5. The number of aromatic nitrogens is 4. The molecule has 2 aromatic heterocycles. The largest absolute Gasteiger partial charge is 0.387 e. The Morgan fingerprint density at radius 2 is 1.88 bits per heavy atom. The molecule has 0 amide bonds. The molecule has 0 bridgehead atoms. The normalized spacial score (nSPS) is 15.4. The smallest absolute Gasteiger partial charge is 0.165 e. The van der Waals surface area contributed by atoms with Crippen molar-refractivity contribution in [1.29, 1.82) is 5.26 Å². The first-order chi connectivity index (χ1) is 12.3. The van der Waals surface area contributed by atoms with Crippen LogP contribution in [0.4, 0.5) is 5.82 Å². The van der Waals surface area contributed by atoms with Gasteiger partial charge in [0.05, 0.1) is 30.6 Å². The van der Waals surface area contributed by atoms with Gasteiger partial charge in [-0.3, -0.25) is 0 Å². The van der Waals surface area contributed by atoms with Gasteiger partial charge in [-0.25, -0.2) is 15.0 Å². The van der Waals surface area contributed by atoms with E-state index < -0.39 is 6.10 Å². The first-order valence-electron chi connectivity index (χ1n) is 8.35. The van der Waals surface area contributed by atoms with Crippen LogP contribution in [-0.4, -0.2) is 37.7 Å². The monoisotopic (exact) mass is 334 g/mol. The number of nitriles is 1. The minimum atomic E-state index is -0.699. The summed E-state index contributed by atoms with van der Waals surface area (Å²) in [6.07, 6.45) is 4.90. The number of aliphatic hydroxyl groups is 1. The third kappa shape index (κ3) is 2.92. The molecule has 3 aromatic rings. The molecular weight excluding hydrogens is 316 g/mol. The lowest BCUT2D eigenvalue weighted by molar-refractivity contribution is 0.157. The minimum Gasteiger partial charge on any atom is -0.387 e. The molecule has 1 aliphatic heterocycles. The summed E-state index contributed by atoms with van der Waals surface area (Å²) in [7, 11) is 0. The highest BCUT2D eigenvalue weighted by molar-refractivity contribution is 5.83. The van der Waals surface area contributed by atoms with Crippen molar-refractivity contribution in [3.8, 4) is 6.07 Å². The van der Waals surface area contributed by atoms with E-state index >= 15 is 0 Å². The van der Waals surface area contributed by atoms with E-state index in [0.717, 1.165) is 35.6 Å². The molecule has 7 heteroatoms. The highest BCUT2D eigenvalue weighted by Gasteiger charge is 2.20. The minimum absolute atomic E-state index is 0.346. The Balaban J connectivity index is 1.61. The molecule has 126 valence electrons. The highest BCUT2D eigenvalue weighted by atomic mass is 16.3. The van der Waals surface area contributed by atoms with E-state index in [-0.39, 0.29) is 0 Å². The van der Waals surface area contributed by atoms with Crippen LogP contribution in [0.1, 0.15) is 30.1 Å². The summed E-state index contributed by atoms with van der Waals surface area (Å²) >= 11 is 0. The van der Waals surface area contributed by atoms with Crippen LogP contribution in [0, 0.1) is 11.3 Å². The average Bonchev–Trinajstić information content (AvgIpc) is 3.32. The Hall–Kier alpha value is -2.98. The predicted molar refractivity (Wildman–Crippen MR) is 92.9 cm³/mol. The summed E-state index contributed by atoms with van der Waals surface area (Å²) in [5.74, 6) is 0.870. The third-order valence-corrected chi connectivity index (χ3v) is 4.58. The maximum absolute atomic E-state index is 10.5.